The maximum absolute atomic E-state index is 12.0. The Bertz CT molecular complexity index is 768. The summed E-state index contributed by atoms with van der Waals surface area (Å²) in [6, 6.07) is 4.88. The lowest BCUT2D eigenvalue weighted by Crippen LogP contribution is -2.14. The molecule has 7 heteroatoms. The van der Waals surface area contributed by atoms with Crippen molar-refractivity contribution in [2.45, 2.75) is 6.42 Å². The van der Waals surface area contributed by atoms with Gasteiger partial charge in [-0.2, -0.15) is 0 Å². The average molecular weight is 306 g/mol. The lowest BCUT2D eigenvalue weighted by molar-refractivity contribution is 0.102. The van der Waals surface area contributed by atoms with Gasteiger partial charge in [-0.1, -0.05) is 23.4 Å². The summed E-state index contributed by atoms with van der Waals surface area (Å²) in [7, 11) is 0. The number of carbonyl (C=O) groups excluding carboxylic acids is 1. The van der Waals surface area contributed by atoms with Crippen molar-refractivity contribution in [3.63, 3.8) is 0 Å². The van der Waals surface area contributed by atoms with Crippen LogP contribution in [0.15, 0.2) is 29.2 Å². The van der Waals surface area contributed by atoms with Gasteiger partial charge in [-0.05, 0) is 18.2 Å². The van der Waals surface area contributed by atoms with Crippen LogP contribution in [0.25, 0.3) is 0 Å². The maximum Gasteiger partial charge on any atom is 0.323 e. The zero-order chi connectivity index (χ0) is 15.2. The van der Waals surface area contributed by atoms with Crippen LogP contribution in [-0.2, 0) is 0 Å². The van der Waals surface area contributed by atoms with Gasteiger partial charge in [0.1, 0.15) is 5.69 Å². The molecule has 1 aromatic heterocycles. The highest BCUT2D eigenvalue weighted by Crippen LogP contribution is 2.20. The number of hydrogen-bond acceptors (Lipinski definition) is 3. The number of amides is 1. The SMILES string of the molecule is O=C(Nc1cc(Cl)ccc1C#CCCO)c1c[nH]c(=O)[nH]1. The maximum atomic E-state index is 12.0. The highest BCUT2D eigenvalue weighted by atomic mass is 35.5. The molecule has 1 heterocycles. The molecule has 108 valence electrons. The molecule has 0 aliphatic rings. The van der Waals surface area contributed by atoms with Gasteiger partial charge >= 0.3 is 5.69 Å². The van der Waals surface area contributed by atoms with E-state index in [0.717, 1.165) is 0 Å². The second-order valence-electron chi connectivity index (χ2n) is 4.08. The van der Waals surface area contributed by atoms with Crippen LogP contribution in [0.3, 0.4) is 0 Å². The van der Waals surface area contributed by atoms with Crippen LogP contribution in [-0.4, -0.2) is 27.6 Å². The third-order valence-corrected chi connectivity index (χ3v) is 2.77. The summed E-state index contributed by atoms with van der Waals surface area (Å²) in [6.45, 7) is -0.0349. The van der Waals surface area contributed by atoms with Gasteiger partial charge in [0.2, 0.25) is 0 Å². The molecule has 0 atom stereocenters. The molecule has 0 spiro atoms. The van der Waals surface area contributed by atoms with E-state index in [-0.39, 0.29) is 12.3 Å². The van der Waals surface area contributed by atoms with E-state index in [1.807, 2.05) is 0 Å². The van der Waals surface area contributed by atoms with Crippen molar-refractivity contribution in [3.05, 3.63) is 51.2 Å². The fourth-order valence-corrected chi connectivity index (χ4v) is 1.76. The molecular weight excluding hydrogens is 294 g/mol. The first-order chi connectivity index (χ1) is 10.1. The van der Waals surface area contributed by atoms with Crippen LogP contribution >= 0.6 is 11.6 Å². The first-order valence-corrected chi connectivity index (χ1v) is 6.46. The van der Waals surface area contributed by atoms with E-state index >= 15 is 0 Å². The van der Waals surface area contributed by atoms with E-state index in [0.29, 0.717) is 22.7 Å². The van der Waals surface area contributed by atoms with E-state index in [4.69, 9.17) is 16.7 Å². The molecular formula is C14H12ClN3O3. The Morgan fingerprint density at radius 1 is 1.43 bits per heavy atom. The van der Waals surface area contributed by atoms with Crippen molar-refractivity contribution in [2.24, 2.45) is 0 Å². The lowest BCUT2D eigenvalue weighted by Gasteiger charge is -2.07. The van der Waals surface area contributed by atoms with Crippen molar-refractivity contribution >= 4 is 23.2 Å². The molecule has 1 amide bonds. The molecule has 0 bridgehead atoms. The number of aliphatic hydroxyl groups is 1. The number of aromatic amines is 2. The summed E-state index contributed by atoms with van der Waals surface area (Å²) in [5, 5.41) is 11.8. The van der Waals surface area contributed by atoms with Crippen molar-refractivity contribution in [1.82, 2.24) is 9.97 Å². The molecule has 0 unspecified atom stereocenters. The minimum atomic E-state index is -0.485. The van der Waals surface area contributed by atoms with Gasteiger partial charge < -0.3 is 20.4 Å². The molecule has 21 heavy (non-hydrogen) atoms. The number of anilines is 1. The van der Waals surface area contributed by atoms with Crippen molar-refractivity contribution < 1.29 is 9.90 Å². The van der Waals surface area contributed by atoms with E-state index in [9.17, 15) is 9.59 Å². The van der Waals surface area contributed by atoms with E-state index in [1.54, 1.807) is 18.2 Å². The topological polar surface area (TPSA) is 98.0 Å². The van der Waals surface area contributed by atoms with Gasteiger partial charge in [0, 0.05) is 23.2 Å². The third-order valence-electron chi connectivity index (χ3n) is 2.53. The Morgan fingerprint density at radius 2 is 2.24 bits per heavy atom. The molecule has 6 nitrogen and oxygen atoms in total. The highest BCUT2D eigenvalue weighted by molar-refractivity contribution is 6.31. The van der Waals surface area contributed by atoms with E-state index < -0.39 is 11.6 Å². The van der Waals surface area contributed by atoms with E-state index in [1.165, 1.54) is 6.20 Å². The number of benzene rings is 1. The first-order valence-electron chi connectivity index (χ1n) is 6.08. The van der Waals surface area contributed by atoms with Crippen LogP contribution in [0, 0.1) is 11.8 Å². The second-order valence-corrected chi connectivity index (χ2v) is 4.51. The van der Waals surface area contributed by atoms with E-state index in [2.05, 4.69) is 27.1 Å². The second kappa shape index (κ2) is 6.79. The number of carbonyl (C=O) groups is 1. The standard InChI is InChI=1S/C14H12ClN3O3/c15-10-5-4-9(3-1-2-6-19)11(7-10)17-13(20)12-8-16-14(21)18-12/h4-5,7-8,19H,2,6H2,(H,17,20)(H2,16,18,21). The van der Waals surface area contributed by atoms with Crippen LogP contribution < -0.4 is 11.0 Å². The minimum absolute atomic E-state index is 0.0349. The van der Waals surface area contributed by atoms with Crippen LogP contribution in [0.1, 0.15) is 22.5 Å². The molecule has 2 rings (SSSR count). The van der Waals surface area contributed by atoms with Crippen LogP contribution in [0.5, 0.6) is 0 Å². The fourth-order valence-electron chi connectivity index (χ4n) is 1.59. The van der Waals surface area contributed by atoms with Crippen molar-refractivity contribution in [2.75, 3.05) is 11.9 Å². The molecule has 0 radical (unpaired) electrons. The van der Waals surface area contributed by atoms with Crippen molar-refractivity contribution in [1.29, 1.82) is 0 Å². The quantitative estimate of drug-likeness (QED) is 0.644. The van der Waals surface area contributed by atoms with Crippen molar-refractivity contribution in [3.8, 4) is 11.8 Å². The Balaban J connectivity index is 2.26. The predicted molar refractivity (Wildman–Crippen MR) is 79.4 cm³/mol. The van der Waals surface area contributed by atoms with Crippen LogP contribution in [0.2, 0.25) is 5.02 Å². The largest absolute Gasteiger partial charge is 0.395 e. The number of halogens is 1. The summed E-state index contributed by atoms with van der Waals surface area (Å²) >= 11 is 5.91. The summed E-state index contributed by atoms with van der Waals surface area (Å²) in [5.41, 5.74) is 0.641. The van der Waals surface area contributed by atoms with Crippen LogP contribution in [0.4, 0.5) is 5.69 Å². The van der Waals surface area contributed by atoms with Gasteiger partial charge in [0.15, 0.2) is 0 Å². The van der Waals surface area contributed by atoms with Gasteiger partial charge in [-0.3, -0.25) is 4.79 Å². The number of rotatable bonds is 3. The Labute approximate surface area is 125 Å². The molecule has 0 saturated heterocycles. The molecule has 0 aliphatic carbocycles. The number of nitrogens with one attached hydrogen (secondary N) is 3. The molecule has 0 fully saturated rings. The number of hydrogen-bond donors (Lipinski definition) is 4. The van der Waals surface area contributed by atoms with Gasteiger partial charge in [-0.25, -0.2) is 4.79 Å². The van der Waals surface area contributed by atoms with Gasteiger partial charge in [-0.15, -0.1) is 0 Å². The molecule has 4 N–H and O–H groups in total. The average Bonchev–Trinajstić information content (AvgIpc) is 2.88. The monoisotopic (exact) mass is 305 g/mol. The predicted octanol–water partition coefficient (Wildman–Crippen LogP) is 1.34. The molecule has 2 aromatic rings. The smallest absolute Gasteiger partial charge is 0.323 e. The first kappa shape index (κ1) is 14.9. The third kappa shape index (κ3) is 3.99. The number of H-pyrrole nitrogens is 2. The number of aliphatic hydroxyl groups excluding tert-OH is 1. The normalized spacial score (nSPS) is 9.81. The lowest BCUT2D eigenvalue weighted by atomic mass is 10.1. The Kier molecular flexibility index (Phi) is 4.82. The Hall–Kier alpha value is -2.49. The zero-order valence-corrected chi connectivity index (χ0v) is 11.6. The summed E-state index contributed by atoms with van der Waals surface area (Å²) in [4.78, 5) is 27.7. The minimum Gasteiger partial charge on any atom is -0.395 e. The molecule has 1 aromatic carbocycles. The number of imidazole rings is 1. The Morgan fingerprint density at radius 3 is 2.90 bits per heavy atom. The zero-order valence-electron chi connectivity index (χ0n) is 10.9. The molecule has 0 saturated carbocycles. The summed E-state index contributed by atoms with van der Waals surface area (Å²) < 4.78 is 0. The highest BCUT2D eigenvalue weighted by Gasteiger charge is 2.10. The number of aromatic nitrogens is 2. The summed E-state index contributed by atoms with van der Waals surface area (Å²) in [6.07, 6.45) is 1.61. The van der Waals surface area contributed by atoms with Gasteiger partial charge in [0.05, 0.1) is 12.3 Å². The fraction of sp³-hybridized carbons (Fsp3) is 0.143. The summed E-state index contributed by atoms with van der Waals surface area (Å²) in [5.74, 6) is 5.12. The molecule has 0 aliphatic heterocycles. The van der Waals surface area contributed by atoms with Gasteiger partial charge in [0.25, 0.3) is 5.91 Å².